The topological polar surface area (TPSA) is 55.4 Å². The molecule has 5 aromatic rings. The summed E-state index contributed by atoms with van der Waals surface area (Å²) < 4.78 is 40.8. The van der Waals surface area contributed by atoms with Crippen LogP contribution in [0.5, 0.6) is 0 Å². The van der Waals surface area contributed by atoms with Gasteiger partial charge in [0, 0.05) is 4.47 Å². The summed E-state index contributed by atoms with van der Waals surface area (Å²) >= 11 is 3.66. The molecule has 0 bridgehead atoms. The number of hydrogen-bond donors (Lipinski definition) is 0. The molecule has 6 rings (SSSR count). The molecule has 1 aliphatic heterocycles. The van der Waals surface area contributed by atoms with Crippen molar-refractivity contribution < 1.29 is 28.4 Å². The molecule has 0 aromatic heterocycles. The van der Waals surface area contributed by atoms with E-state index < -0.39 is 30.7 Å². The van der Waals surface area contributed by atoms with Crippen molar-refractivity contribution >= 4 is 15.9 Å². The molecule has 0 spiro atoms. The highest BCUT2D eigenvalue weighted by atomic mass is 79.9. The van der Waals surface area contributed by atoms with E-state index in [0.717, 1.165) is 32.3 Å². The first-order valence-electron chi connectivity index (χ1n) is 16.3. The number of ether oxygens (including phenoxy) is 6. The van der Waals surface area contributed by atoms with E-state index in [4.69, 9.17) is 28.4 Å². The Balaban J connectivity index is 1.30. The molecule has 0 aliphatic carbocycles. The van der Waals surface area contributed by atoms with E-state index in [1.54, 1.807) is 0 Å². The Morgan fingerprint density at radius 3 is 1.40 bits per heavy atom. The summed E-state index contributed by atoms with van der Waals surface area (Å²) in [5.41, 5.74) is 5.23. The Kier molecular flexibility index (Phi) is 13.0. The van der Waals surface area contributed by atoms with Gasteiger partial charge < -0.3 is 28.4 Å². The van der Waals surface area contributed by atoms with E-state index in [1.807, 2.05) is 121 Å². The fourth-order valence-corrected chi connectivity index (χ4v) is 6.07. The zero-order valence-corrected chi connectivity index (χ0v) is 28.4. The predicted molar refractivity (Wildman–Crippen MR) is 189 cm³/mol. The maximum atomic E-state index is 6.80. The van der Waals surface area contributed by atoms with Crippen LogP contribution in [0.15, 0.2) is 150 Å². The summed E-state index contributed by atoms with van der Waals surface area (Å²) in [7, 11) is 0. The molecule has 0 N–H and O–H groups in total. The second-order valence-corrected chi connectivity index (χ2v) is 12.6. The highest BCUT2D eigenvalue weighted by Crippen LogP contribution is 2.32. The van der Waals surface area contributed by atoms with Crippen LogP contribution in [-0.4, -0.2) is 37.3 Å². The van der Waals surface area contributed by atoms with Crippen LogP contribution < -0.4 is 0 Å². The highest BCUT2D eigenvalue weighted by molar-refractivity contribution is 9.10. The molecule has 48 heavy (non-hydrogen) atoms. The zero-order chi connectivity index (χ0) is 32.8. The van der Waals surface area contributed by atoms with E-state index in [9.17, 15) is 0 Å². The van der Waals surface area contributed by atoms with Crippen LogP contribution in [0.25, 0.3) is 0 Å². The zero-order valence-electron chi connectivity index (χ0n) is 26.8. The van der Waals surface area contributed by atoms with Gasteiger partial charge in [-0.1, -0.05) is 155 Å². The van der Waals surface area contributed by atoms with Crippen molar-refractivity contribution in [1.82, 2.24) is 0 Å². The number of halogens is 1. The van der Waals surface area contributed by atoms with Gasteiger partial charge in [-0.2, -0.15) is 0 Å². The Morgan fingerprint density at radius 1 is 0.438 bits per heavy atom. The molecule has 0 amide bonds. The van der Waals surface area contributed by atoms with Crippen LogP contribution in [-0.2, 0) is 61.5 Å². The summed E-state index contributed by atoms with van der Waals surface area (Å²) in [6.45, 7) is 2.14. The smallest absolute Gasteiger partial charge is 0.187 e. The molecule has 0 saturated carbocycles. The molecule has 0 radical (unpaired) electrons. The van der Waals surface area contributed by atoms with Gasteiger partial charge in [-0.25, -0.2) is 0 Å². The molecule has 6 nitrogen and oxygen atoms in total. The first kappa shape index (κ1) is 34.2. The van der Waals surface area contributed by atoms with Crippen molar-refractivity contribution in [3.63, 3.8) is 0 Å². The average molecular weight is 710 g/mol. The fourth-order valence-electron chi connectivity index (χ4n) is 5.67. The summed E-state index contributed by atoms with van der Waals surface area (Å²) in [5.74, 6) is 0. The van der Waals surface area contributed by atoms with Crippen molar-refractivity contribution in [2.75, 3.05) is 6.61 Å². The lowest BCUT2D eigenvalue weighted by atomic mass is 9.97. The monoisotopic (exact) mass is 708 g/mol. The molecule has 1 saturated heterocycles. The number of benzene rings is 5. The third-order valence-electron chi connectivity index (χ3n) is 8.20. The molecule has 248 valence electrons. The van der Waals surface area contributed by atoms with E-state index in [0.29, 0.717) is 33.0 Å². The Labute approximate surface area is 291 Å². The third-order valence-corrected chi connectivity index (χ3v) is 8.98. The van der Waals surface area contributed by atoms with E-state index >= 15 is 0 Å². The van der Waals surface area contributed by atoms with Crippen molar-refractivity contribution in [3.8, 4) is 0 Å². The van der Waals surface area contributed by atoms with Crippen molar-refractivity contribution in [3.05, 3.63) is 178 Å². The van der Waals surface area contributed by atoms with Crippen LogP contribution in [0.3, 0.4) is 0 Å². The molecular weight excluding hydrogens is 668 g/mol. The van der Waals surface area contributed by atoms with E-state index in [2.05, 4.69) is 40.2 Å². The first-order chi connectivity index (χ1) is 23.7. The third kappa shape index (κ3) is 9.94. The summed E-state index contributed by atoms with van der Waals surface area (Å²) in [5, 5.41) is 0. The van der Waals surface area contributed by atoms with Crippen molar-refractivity contribution in [2.24, 2.45) is 0 Å². The van der Waals surface area contributed by atoms with Gasteiger partial charge in [0.1, 0.15) is 24.4 Å². The maximum absolute atomic E-state index is 6.80. The first-order valence-corrected chi connectivity index (χ1v) is 17.1. The van der Waals surface area contributed by atoms with Crippen molar-refractivity contribution in [2.45, 2.75) is 63.7 Å². The van der Waals surface area contributed by atoms with Crippen LogP contribution >= 0.6 is 15.9 Å². The quantitative estimate of drug-likeness (QED) is 0.102. The predicted octanol–water partition coefficient (Wildman–Crippen LogP) is 8.66. The van der Waals surface area contributed by atoms with Crippen molar-refractivity contribution in [1.29, 1.82) is 0 Å². The van der Waals surface area contributed by atoms with Gasteiger partial charge in [-0.15, -0.1) is 0 Å². The van der Waals surface area contributed by atoms with Gasteiger partial charge in [-0.3, -0.25) is 0 Å². The summed E-state index contributed by atoms with van der Waals surface area (Å²) in [6, 6.07) is 48.5. The van der Waals surface area contributed by atoms with Gasteiger partial charge >= 0.3 is 0 Å². The lowest BCUT2D eigenvalue weighted by Crippen LogP contribution is -2.61. The molecule has 1 heterocycles. The maximum Gasteiger partial charge on any atom is 0.187 e. The van der Waals surface area contributed by atoms with Crippen LogP contribution in [0.2, 0.25) is 0 Å². The van der Waals surface area contributed by atoms with Gasteiger partial charge in [0.2, 0.25) is 0 Å². The standard InChI is InChI=1S/C41H41BrO6/c42-36-24-14-13-23-35(36)29-47-41-40(46-28-34-21-11-4-12-22-34)39(45-27-33-19-9-3-10-20-33)38(44-26-32-17-7-2-8-18-32)37(48-41)30-43-25-31-15-5-1-6-16-31/h1-24,37-41H,25-30H2/t37-,38-,39+,40-,41-/m1/s1. The lowest BCUT2D eigenvalue weighted by molar-refractivity contribution is -0.330. The van der Waals surface area contributed by atoms with E-state index in [1.165, 1.54) is 0 Å². The molecule has 5 atom stereocenters. The molecule has 1 aliphatic rings. The van der Waals surface area contributed by atoms with Crippen LogP contribution in [0, 0.1) is 0 Å². The molecular formula is C41H41BrO6. The van der Waals surface area contributed by atoms with Gasteiger partial charge in [0.15, 0.2) is 6.29 Å². The Morgan fingerprint density at radius 2 is 0.875 bits per heavy atom. The fraction of sp³-hybridized carbons (Fsp3) is 0.268. The SMILES string of the molecule is Brc1ccccc1CO[C@@H]1O[C@H](COCc2ccccc2)[C@@H](OCc2ccccc2)[C@H](OCc2ccccc2)[C@H]1OCc1ccccc1. The normalized spacial score (nSPS) is 20.8. The highest BCUT2D eigenvalue weighted by Gasteiger charge is 2.49. The van der Waals surface area contributed by atoms with Gasteiger partial charge in [-0.05, 0) is 33.9 Å². The molecule has 0 unspecified atom stereocenters. The Hall–Kier alpha value is -3.66. The largest absolute Gasteiger partial charge is 0.374 e. The average Bonchev–Trinajstić information content (AvgIpc) is 3.14. The van der Waals surface area contributed by atoms with Crippen LogP contribution in [0.4, 0.5) is 0 Å². The number of rotatable bonds is 16. The Bertz CT molecular complexity index is 1620. The van der Waals surface area contributed by atoms with Gasteiger partial charge in [0.25, 0.3) is 0 Å². The summed E-state index contributed by atoms with van der Waals surface area (Å²) in [4.78, 5) is 0. The van der Waals surface area contributed by atoms with Crippen LogP contribution in [0.1, 0.15) is 27.8 Å². The molecule has 7 heteroatoms. The van der Waals surface area contributed by atoms with Gasteiger partial charge in [0.05, 0.1) is 39.6 Å². The second kappa shape index (κ2) is 18.2. The lowest BCUT2D eigenvalue weighted by Gasteiger charge is -2.46. The summed E-state index contributed by atoms with van der Waals surface area (Å²) in [6.07, 6.45) is -2.93. The minimum atomic E-state index is -0.761. The number of hydrogen-bond acceptors (Lipinski definition) is 6. The molecule has 1 fully saturated rings. The minimum absolute atomic E-state index is 0.278. The minimum Gasteiger partial charge on any atom is -0.374 e. The second-order valence-electron chi connectivity index (χ2n) is 11.7. The molecule has 5 aromatic carbocycles. The van der Waals surface area contributed by atoms with E-state index in [-0.39, 0.29) is 6.61 Å².